The summed E-state index contributed by atoms with van der Waals surface area (Å²) in [5.41, 5.74) is 2.30. The molecule has 4 aromatic rings. The van der Waals surface area contributed by atoms with Gasteiger partial charge in [-0.15, -0.1) is 5.10 Å². The third kappa shape index (κ3) is 15.0. The van der Waals surface area contributed by atoms with E-state index in [0.29, 0.717) is 120 Å². The molecule has 2 saturated carbocycles. The number of benzene rings is 2. The molecule has 0 unspecified atom stereocenters. The van der Waals surface area contributed by atoms with Gasteiger partial charge in [0.05, 0.1) is 31.9 Å². The van der Waals surface area contributed by atoms with E-state index in [4.69, 9.17) is 33.9 Å². The number of likely N-dealkylation sites (tertiary alicyclic amines) is 2. The fourth-order valence-corrected chi connectivity index (χ4v) is 14.4. The summed E-state index contributed by atoms with van der Waals surface area (Å²) in [7, 11) is 5.19. The van der Waals surface area contributed by atoms with E-state index in [2.05, 4.69) is 44.9 Å². The van der Waals surface area contributed by atoms with Crippen LogP contribution in [0.25, 0.3) is 0 Å². The molecule has 2 aromatic carbocycles. The number of rotatable bonds is 24. The molecule has 81 heavy (non-hydrogen) atoms. The number of nitrogens with one attached hydrogen (secondary N) is 3. The highest BCUT2D eigenvalue weighted by Gasteiger charge is 2.51. The normalized spacial score (nSPS) is 18.3. The second kappa shape index (κ2) is 29.3. The van der Waals surface area contributed by atoms with Crippen LogP contribution < -0.4 is 20.1 Å². The molecule has 2 aliphatic heterocycles. The van der Waals surface area contributed by atoms with E-state index in [-0.39, 0.29) is 40.8 Å². The number of ketones is 2. The van der Waals surface area contributed by atoms with Crippen LogP contribution in [0.2, 0.25) is 0 Å². The average Bonchev–Trinajstić information content (AvgIpc) is 4.32. The zero-order valence-corrected chi connectivity index (χ0v) is 50.4. The van der Waals surface area contributed by atoms with Crippen molar-refractivity contribution in [2.24, 2.45) is 29.7 Å². The van der Waals surface area contributed by atoms with Gasteiger partial charge in [-0.3, -0.25) is 24.3 Å². The Balaban J connectivity index is 1.24. The maximum absolute atomic E-state index is 16.3. The lowest BCUT2D eigenvalue weighted by Crippen LogP contribution is -2.69. The second-order valence-corrected chi connectivity index (χ2v) is 24.0. The number of thiocarbonyl (C=S) groups is 2. The van der Waals surface area contributed by atoms with E-state index in [1.807, 2.05) is 76.1 Å². The number of amides is 2. The minimum Gasteiger partial charge on any atom is -0.497 e. The molecule has 19 heteroatoms. The van der Waals surface area contributed by atoms with Gasteiger partial charge < -0.3 is 34.5 Å². The fraction of sp³-hybridized carbons (Fsp3) is 0.629. The number of carbonyl (C=O) groups excluding carboxylic acids is 4. The lowest BCUT2D eigenvalue weighted by molar-refractivity contribution is -0.153. The Bertz CT molecular complexity index is 2670. The smallest absolute Gasteiger partial charge is 0.247 e. The number of nitrogens with zero attached hydrogens (tertiary/aromatic N) is 8. The van der Waals surface area contributed by atoms with E-state index < -0.39 is 22.9 Å². The minimum atomic E-state index is -1.05. The molecule has 0 spiro atoms. The van der Waals surface area contributed by atoms with Crippen molar-refractivity contribution in [2.75, 3.05) is 53.5 Å². The number of hydrazine groups is 1. The number of Topliss-reactive ketones (excluding diaryl/α,β-unsaturated/α-hetero) is 2. The molecule has 4 fully saturated rings. The number of aromatic amines is 1. The fourth-order valence-electron chi connectivity index (χ4n) is 13.8. The number of hydrogen-bond donors (Lipinski definition) is 3. The van der Waals surface area contributed by atoms with Gasteiger partial charge in [0, 0.05) is 108 Å². The third-order valence-corrected chi connectivity index (χ3v) is 19.0. The standard InChI is InChI=1S/C62H89N11O6S2/c1-6-14-55(74)61(47-16-10-8-11-17-47)30-36-70(37-31-61)57(76)53(40-45-20-24-51(78-4)25-21-45)72(59(80)63-34-28-49-42-66-68-67-49)73(60(81)64-35-29-50-43-69(3)44-65-50)54(41-46-22-26-52(79-5)27-23-46)58(77)71-38-32-62(33-39-71,56(75)15-7-2)48-18-12-9-13-19-48/h20-27,42-44,47-48,53-54H,6-19,28-41H2,1-5H3,(H,63,80)(H,64,81)(H,66,67,68)/t53-,54-/m1/s1. The molecule has 17 nitrogen and oxygen atoms in total. The Hall–Kier alpha value is -5.95. The summed E-state index contributed by atoms with van der Waals surface area (Å²) in [4.78, 5) is 70.0. The highest BCUT2D eigenvalue weighted by atomic mass is 32.1. The van der Waals surface area contributed by atoms with E-state index in [1.165, 1.54) is 12.8 Å². The summed E-state index contributed by atoms with van der Waals surface area (Å²) >= 11 is 13.3. The number of ether oxygens (including phenoxy) is 2. The van der Waals surface area contributed by atoms with Crippen LogP contribution in [0.15, 0.2) is 67.3 Å². The van der Waals surface area contributed by atoms with Crippen LogP contribution in [0.3, 0.4) is 0 Å². The number of hydrogen-bond acceptors (Lipinski definition) is 11. The molecule has 0 bridgehead atoms. The Morgan fingerprint density at radius 2 is 1.07 bits per heavy atom. The molecule has 2 atom stereocenters. The summed E-state index contributed by atoms with van der Waals surface area (Å²) < 4.78 is 13.1. The second-order valence-electron chi connectivity index (χ2n) is 23.3. The largest absolute Gasteiger partial charge is 0.497 e. The Morgan fingerprint density at radius 1 is 0.654 bits per heavy atom. The molecule has 8 rings (SSSR count). The summed E-state index contributed by atoms with van der Waals surface area (Å²) in [6, 6.07) is 13.3. The highest BCUT2D eigenvalue weighted by Crippen LogP contribution is 2.49. The van der Waals surface area contributed by atoms with Gasteiger partial charge in [0.1, 0.15) is 35.1 Å². The monoisotopic (exact) mass is 1150 g/mol. The molecule has 2 aromatic heterocycles. The van der Waals surface area contributed by atoms with E-state index in [9.17, 15) is 9.59 Å². The lowest BCUT2D eigenvalue weighted by atomic mass is 9.61. The van der Waals surface area contributed by atoms with Gasteiger partial charge in [0.2, 0.25) is 11.8 Å². The van der Waals surface area contributed by atoms with Crippen molar-refractivity contribution < 1.29 is 28.7 Å². The molecule has 3 N–H and O–H groups in total. The summed E-state index contributed by atoms with van der Waals surface area (Å²) in [6.07, 6.45) is 22.8. The van der Waals surface area contributed by atoms with Crippen LogP contribution in [-0.2, 0) is 51.9 Å². The first-order chi connectivity index (χ1) is 39.3. The van der Waals surface area contributed by atoms with Crippen molar-refractivity contribution in [3.05, 3.63) is 89.8 Å². The zero-order chi connectivity index (χ0) is 57.4. The SMILES string of the molecule is CCCC(=O)C1(C2CCCCC2)CCN(C(=O)[C@@H](Cc2ccc(OC)cc2)N(C(=S)NCCc2cn(C)cn2)N(C(=S)NCCc2c[nH]nn2)[C@H](Cc2ccc(OC)cc2)C(=O)N2CCC(C(=O)CCC)(C3CCCCC3)CC2)CC1. The van der Waals surface area contributed by atoms with Gasteiger partial charge in [-0.25, -0.2) is 15.0 Å². The summed E-state index contributed by atoms with van der Waals surface area (Å²) in [5, 5.41) is 22.0. The van der Waals surface area contributed by atoms with Crippen LogP contribution >= 0.6 is 24.4 Å². The summed E-state index contributed by atoms with van der Waals surface area (Å²) in [5.74, 6) is 2.21. The molecule has 2 amide bonds. The predicted molar refractivity (Wildman–Crippen MR) is 322 cm³/mol. The maximum Gasteiger partial charge on any atom is 0.247 e. The molecule has 2 saturated heterocycles. The van der Waals surface area contributed by atoms with Crippen LogP contribution in [0.5, 0.6) is 11.5 Å². The number of methoxy groups -OCH3 is 2. The minimum absolute atomic E-state index is 0.177. The van der Waals surface area contributed by atoms with Crippen molar-refractivity contribution in [1.82, 2.24) is 55.4 Å². The van der Waals surface area contributed by atoms with E-state index in [0.717, 1.165) is 86.7 Å². The number of H-pyrrole nitrogens is 1. The first kappa shape index (κ1) is 61.1. The molecule has 0 radical (unpaired) electrons. The molecule has 4 aliphatic rings. The third-order valence-electron chi connectivity index (χ3n) is 18.3. The average molecular weight is 1150 g/mol. The molecular weight excluding hydrogens is 1060 g/mol. The van der Waals surface area contributed by atoms with Gasteiger partial charge in [-0.05, 0) is 136 Å². The van der Waals surface area contributed by atoms with Crippen molar-refractivity contribution in [3.63, 3.8) is 0 Å². The molecule has 440 valence electrons. The van der Waals surface area contributed by atoms with Crippen LogP contribution in [0, 0.1) is 22.7 Å². The number of piperidine rings is 2. The maximum atomic E-state index is 16.3. The van der Waals surface area contributed by atoms with Gasteiger partial charge >= 0.3 is 0 Å². The van der Waals surface area contributed by atoms with Gasteiger partial charge in [0.15, 0.2) is 10.2 Å². The topological polar surface area (TPSA) is 183 Å². The Morgan fingerprint density at radius 3 is 1.43 bits per heavy atom. The molecule has 4 heterocycles. The Labute approximate surface area is 491 Å². The van der Waals surface area contributed by atoms with E-state index in [1.54, 1.807) is 36.8 Å². The van der Waals surface area contributed by atoms with Crippen molar-refractivity contribution >= 4 is 58.0 Å². The number of carbonyl (C=O) groups is 4. The van der Waals surface area contributed by atoms with Crippen LogP contribution in [0.1, 0.15) is 152 Å². The first-order valence-corrected chi connectivity index (χ1v) is 31.0. The van der Waals surface area contributed by atoms with Crippen molar-refractivity contribution in [3.8, 4) is 11.5 Å². The molecular formula is C62H89N11O6S2. The van der Waals surface area contributed by atoms with Crippen molar-refractivity contribution in [2.45, 2.75) is 167 Å². The number of aromatic nitrogens is 5. The first-order valence-electron chi connectivity index (χ1n) is 30.2. The lowest BCUT2D eigenvalue weighted by Gasteiger charge is -2.51. The zero-order valence-electron chi connectivity index (χ0n) is 48.8. The quantitative estimate of drug-likeness (QED) is 0.0446. The Kier molecular flexibility index (Phi) is 22.1. The number of aryl methyl sites for hydroxylation is 1. The number of imidazole rings is 1. The van der Waals surface area contributed by atoms with Crippen LogP contribution in [0.4, 0.5) is 0 Å². The van der Waals surface area contributed by atoms with Crippen molar-refractivity contribution in [1.29, 1.82) is 0 Å². The van der Waals surface area contributed by atoms with Gasteiger partial charge in [0.25, 0.3) is 0 Å². The summed E-state index contributed by atoms with van der Waals surface area (Å²) in [6.45, 7) is 6.45. The molecule has 2 aliphatic carbocycles. The van der Waals surface area contributed by atoms with Gasteiger partial charge in [-0.2, -0.15) is 0 Å². The van der Waals surface area contributed by atoms with E-state index >= 15 is 9.59 Å². The predicted octanol–water partition coefficient (Wildman–Crippen LogP) is 8.95. The van der Waals surface area contributed by atoms with Crippen LogP contribution in [-0.4, -0.2) is 144 Å². The highest BCUT2D eigenvalue weighted by molar-refractivity contribution is 7.80. The van der Waals surface area contributed by atoms with Gasteiger partial charge in [-0.1, -0.05) is 81.9 Å².